The number of nitrogens with two attached hydrogens (primary N) is 1. The number of ether oxygens (including phenoxy) is 3. The molecule has 0 saturated carbocycles. The zero-order valence-corrected chi connectivity index (χ0v) is 36.6. The van der Waals surface area contributed by atoms with Crippen molar-refractivity contribution >= 4 is 41.6 Å². The molecule has 330 valence electrons. The molecule has 0 heterocycles. The van der Waals surface area contributed by atoms with Crippen LogP contribution in [0.1, 0.15) is 121 Å². The molecule has 3 unspecified atom stereocenters. The number of unbranched alkanes of at least 4 members (excludes halogenated alkanes) is 2. The van der Waals surface area contributed by atoms with Gasteiger partial charge in [-0.3, -0.25) is 39.0 Å². The predicted octanol–water partition coefficient (Wildman–Crippen LogP) is 3.08. The van der Waals surface area contributed by atoms with Crippen LogP contribution >= 0.6 is 0 Å². The largest absolute Gasteiger partial charge is 0.379 e. The molecule has 0 rings (SSSR count). The summed E-state index contributed by atoms with van der Waals surface area (Å²) >= 11 is 0. The van der Waals surface area contributed by atoms with Crippen LogP contribution in [0.3, 0.4) is 0 Å². The van der Waals surface area contributed by atoms with Crippen LogP contribution in [0, 0.1) is 17.8 Å². The van der Waals surface area contributed by atoms with E-state index in [0.29, 0.717) is 97.0 Å². The van der Waals surface area contributed by atoms with E-state index in [0.717, 1.165) is 6.42 Å². The van der Waals surface area contributed by atoms with E-state index in [4.69, 9.17) is 19.9 Å². The standard InChI is InChI=1S/C41H76N6O10/c1-29(2)31(5)27-36(52)47(28-48)20-13-11-12-16-34(50)40(7,8)44-19-22-56-24-26-57-25-23-55-21-17-35(51)41(9,10)46-37(30(3)4)38(53)45-33(32(6)49)15-14-18-43-39(42)54/h28-31,33,37,44,46H,11-27H2,1-10H3,(H,45,53)(H3,42,43,54). The molecule has 0 aliphatic rings. The van der Waals surface area contributed by atoms with Crippen LogP contribution in [0.4, 0.5) is 4.79 Å². The van der Waals surface area contributed by atoms with Gasteiger partial charge in [0.1, 0.15) is 0 Å². The van der Waals surface area contributed by atoms with Crippen molar-refractivity contribution in [3.05, 3.63) is 0 Å². The number of rotatable bonds is 35. The number of Topliss-reactive ketones (excluding diaryl/α,β-unsaturated/α-hetero) is 3. The molecule has 0 aromatic carbocycles. The van der Waals surface area contributed by atoms with Gasteiger partial charge in [-0.1, -0.05) is 41.0 Å². The van der Waals surface area contributed by atoms with Crippen molar-refractivity contribution in [2.45, 2.75) is 144 Å². The van der Waals surface area contributed by atoms with Crippen LogP contribution in [0.2, 0.25) is 0 Å². The second-order valence-corrected chi connectivity index (χ2v) is 16.5. The quantitative estimate of drug-likeness (QED) is 0.0460. The molecule has 0 bridgehead atoms. The molecule has 0 aliphatic heterocycles. The third-order valence-corrected chi connectivity index (χ3v) is 10.1. The zero-order chi connectivity index (χ0) is 43.6. The number of carbonyl (C=O) groups excluding carboxylic acids is 7. The number of nitrogens with zero attached hydrogens (tertiary/aromatic N) is 1. The molecule has 6 N–H and O–H groups in total. The van der Waals surface area contributed by atoms with Crippen LogP contribution < -0.4 is 27.0 Å². The summed E-state index contributed by atoms with van der Waals surface area (Å²) < 4.78 is 16.8. The highest BCUT2D eigenvalue weighted by molar-refractivity contribution is 5.92. The minimum Gasteiger partial charge on any atom is -0.379 e. The Balaban J connectivity index is 4.26. The number of nitrogens with one attached hydrogen (secondary N) is 4. The number of hydrogen-bond donors (Lipinski definition) is 5. The molecule has 0 aromatic rings. The third-order valence-electron chi connectivity index (χ3n) is 10.1. The Bertz CT molecular complexity index is 1240. The number of urea groups is 1. The Kier molecular flexibility index (Phi) is 27.3. The van der Waals surface area contributed by atoms with E-state index in [1.165, 1.54) is 11.8 Å². The molecule has 0 spiro atoms. The molecule has 0 radical (unpaired) electrons. The first kappa shape index (κ1) is 53.7. The smallest absolute Gasteiger partial charge is 0.312 e. The Hall–Kier alpha value is -3.31. The highest BCUT2D eigenvalue weighted by Gasteiger charge is 2.35. The SMILES string of the molecule is CC(=O)C(CCCNC(N)=O)NC(=O)C(NC(C)(C)C(=O)CCOCCOCCOCCNC(C)(C)C(=O)CCCCCN(C=O)C(=O)CC(C)C(C)C)C(C)C. The van der Waals surface area contributed by atoms with Gasteiger partial charge in [0.15, 0.2) is 17.3 Å². The monoisotopic (exact) mass is 813 g/mol. The summed E-state index contributed by atoms with van der Waals surface area (Å²) in [6.45, 7) is 21.4. The Morgan fingerprint density at radius 2 is 1.30 bits per heavy atom. The predicted molar refractivity (Wildman–Crippen MR) is 219 cm³/mol. The van der Waals surface area contributed by atoms with E-state index >= 15 is 0 Å². The summed E-state index contributed by atoms with van der Waals surface area (Å²) in [5.74, 6) is -0.377. The van der Waals surface area contributed by atoms with Crippen LogP contribution in [0.5, 0.6) is 0 Å². The maximum Gasteiger partial charge on any atom is 0.312 e. The van der Waals surface area contributed by atoms with Gasteiger partial charge >= 0.3 is 6.03 Å². The number of amides is 5. The fourth-order valence-electron chi connectivity index (χ4n) is 5.64. The fraction of sp³-hybridized carbons (Fsp3) is 0.829. The number of ketones is 3. The summed E-state index contributed by atoms with van der Waals surface area (Å²) in [5.41, 5.74) is 3.33. The van der Waals surface area contributed by atoms with E-state index < -0.39 is 29.2 Å². The van der Waals surface area contributed by atoms with Crippen molar-refractivity contribution < 1.29 is 47.8 Å². The fourth-order valence-corrected chi connectivity index (χ4v) is 5.64. The van der Waals surface area contributed by atoms with E-state index in [9.17, 15) is 33.6 Å². The first-order valence-corrected chi connectivity index (χ1v) is 20.6. The van der Waals surface area contributed by atoms with Crippen molar-refractivity contribution in [1.29, 1.82) is 0 Å². The highest BCUT2D eigenvalue weighted by Crippen LogP contribution is 2.17. The lowest BCUT2D eigenvalue weighted by Gasteiger charge is -2.33. The minimum atomic E-state index is -1.03. The molecule has 5 amide bonds. The number of carbonyl (C=O) groups is 7. The number of hydrogen-bond acceptors (Lipinski definition) is 12. The van der Waals surface area contributed by atoms with Crippen LogP contribution in [-0.2, 0) is 43.0 Å². The van der Waals surface area contributed by atoms with Gasteiger partial charge in [0.25, 0.3) is 0 Å². The summed E-state index contributed by atoms with van der Waals surface area (Å²) in [6, 6.07) is -2.11. The lowest BCUT2D eigenvalue weighted by Crippen LogP contribution is -2.60. The van der Waals surface area contributed by atoms with Crippen LogP contribution in [0.15, 0.2) is 0 Å². The van der Waals surface area contributed by atoms with Gasteiger partial charge in [-0.2, -0.15) is 0 Å². The lowest BCUT2D eigenvalue weighted by molar-refractivity contribution is -0.139. The van der Waals surface area contributed by atoms with E-state index in [-0.39, 0.29) is 60.6 Å². The molecule has 0 aliphatic carbocycles. The van der Waals surface area contributed by atoms with Crippen molar-refractivity contribution in [1.82, 2.24) is 26.2 Å². The van der Waals surface area contributed by atoms with E-state index in [2.05, 4.69) is 35.1 Å². The van der Waals surface area contributed by atoms with Gasteiger partial charge in [-0.05, 0) is 78.1 Å². The van der Waals surface area contributed by atoms with Gasteiger partial charge in [0.2, 0.25) is 18.2 Å². The van der Waals surface area contributed by atoms with Crippen molar-refractivity contribution in [3.63, 3.8) is 0 Å². The second kappa shape index (κ2) is 29.0. The zero-order valence-electron chi connectivity index (χ0n) is 36.6. The van der Waals surface area contributed by atoms with Gasteiger partial charge in [-0.25, -0.2) is 4.79 Å². The molecule has 0 fully saturated rings. The normalized spacial score (nSPS) is 13.5. The Morgan fingerprint density at radius 3 is 1.84 bits per heavy atom. The van der Waals surface area contributed by atoms with Crippen molar-refractivity contribution in [2.75, 3.05) is 59.3 Å². The van der Waals surface area contributed by atoms with Gasteiger partial charge in [0.05, 0.1) is 62.8 Å². The highest BCUT2D eigenvalue weighted by atomic mass is 16.5. The average Bonchev–Trinajstić information content (AvgIpc) is 3.12. The topological polar surface area (TPSA) is 225 Å². The van der Waals surface area contributed by atoms with Crippen molar-refractivity contribution in [3.8, 4) is 0 Å². The Morgan fingerprint density at radius 1 is 0.719 bits per heavy atom. The second-order valence-electron chi connectivity index (χ2n) is 16.5. The third kappa shape index (κ3) is 24.3. The molecule has 3 atom stereocenters. The van der Waals surface area contributed by atoms with Crippen molar-refractivity contribution in [2.24, 2.45) is 23.5 Å². The van der Waals surface area contributed by atoms with Gasteiger partial charge in [-0.15, -0.1) is 0 Å². The molecule has 0 aromatic heterocycles. The van der Waals surface area contributed by atoms with E-state index in [1.807, 2.05) is 34.6 Å². The average molecular weight is 813 g/mol. The number of imide groups is 1. The first-order chi connectivity index (χ1) is 26.7. The molecular weight excluding hydrogens is 736 g/mol. The molecule has 16 nitrogen and oxygen atoms in total. The molecule has 57 heavy (non-hydrogen) atoms. The van der Waals surface area contributed by atoms with Crippen LogP contribution in [-0.4, -0.2) is 129 Å². The molecule has 16 heteroatoms. The van der Waals surface area contributed by atoms with E-state index in [1.54, 1.807) is 13.8 Å². The van der Waals surface area contributed by atoms with Crippen LogP contribution in [0.25, 0.3) is 0 Å². The summed E-state index contributed by atoms with van der Waals surface area (Å²) in [4.78, 5) is 87.1. The van der Waals surface area contributed by atoms with Gasteiger partial charge < -0.3 is 35.9 Å². The lowest BCUT2D eigenvalue weighted by atomic mass is 9.92. The first-order valence-electron chi connectivity index (χ1n) is 20.6. The molecule has 0 saturated heterocycles. The maximum absolute atomic E-state index is 13.2. The summed E-state index contributed by atoms with van der Waals surface area (Å²) in [7, 11) is 0. The maximum atomic E-state index is 13.2. The van der Waals surface area contributed by atoms with Gasteiger partial charge in [0, 0.05) is 38.9 Å². The summed E-state index contributed by atoms with van der Waals surface area (Å²) in [5, 5.41) is 11.7. The minimum absolute atomic E-state index is 0.0911. The summed E-state index contributed by atoms with van der Waals surface area (Å²) in [6.07, 6.45) is 4.38. The Labute approximate surface area is 341 Å². The number of primary amides is 1. The molecular formula is C41H76N6O10.